The van der Waals surface area contributed by atoms with Gasteiger partial charge >= 0.3 is 5.97 Å². The van der Waals surface area contributed by atoms with Crippen LogP contribution in [0.2, 0.25) is 0 Å². The van der Waals surface area contributed by atoms with Gasteiger partial charge in [0, 0.05) is 11.1 Å². The standard InChI is InChI=1S/C28H29FN2O2/c1-5-18-8-12-23(21-10-14-24(25(29)17-21)28(32)33-4)22(19(6-2)16-18)13-9-20-11-15-27(30)31-26(20)7-3/h8,10-12,14-15,17H,5-7,16H2,1-4H3,(H2,30,31). The summed E-state index contributed by atoms with van der Waals surface area (Å²) < 4.78 is 19.4. The minimum Gasteiger partial charge on any atom is -0.465 e. The number of hydrogen-bond donors (Lipinski definition) is 1. The molecule has 0 atom stereocenters. The summed E-state index contributed by atoms with van der Waals surface area (Å²) in [5.74, 6) is 5.80. The maximum Gasteiger partial charge on any atom is 0.340 e. The van der Waals surface area contributed by atoms with Crippen molar-refractivity contribution in [2.24, 2.45) is 0 Å². The van der Waals surface area contributed by atoms with E-state index in [1.54, 1.807) is 12.1 Å². The molecule has 1 aliphatic carbocycles. The highest BCUT2D eigenvalue weighted by Crippen LogP contribution is 2.34. The molecule has 0 unspecified atom stereocenters. The molecule has 1 heterocycles. The van der Waals surface area contributed by atoms with E-state index in [1.165, 1.54) is 30.4 Å². The number of esters is 1. The second-order valence-electron chi connectivity index (χ2n) is 7.79. The summed E-state index contributed by atoms with van der Waals surface area (Å²) in [5, 5.41) is 0. The fraction of sp³-hybridized carbons (Fsp3) is 0.286. The Balaban J connectivity index is 2.16. The molecular weight excluding hydrogens is 415 g/mol. The highest BCUT2D eigenvalue weighted by molar-refractivity contribution is 5.92. The van der Waals surface area contributed by atoms with Crippen LogP contribution in [0.1, 0.15) is 67.2 Å². The van der Waals surface area contributed by atoms with Gasteiger partial charge in [-0.05, 0) is 61.1 Å². The van der Waals surface area contributed by atoms with Crippen molar-refractivity contribution in [2.45, 2.75) is 46.5 Å². The largest absolute Gasteiger partial charge is 0.465 e. The number of aryl methyl sites for hydroxylation is 1. The maximum absolute atomic E-state index is 14.8. The number of pyridine rings is 1. The summed E-state index contributed by atoms with van der Waals surface area (Å²) in [5.41, 5.74) is 12.3. The first-order chi connectivity index (χ1) is 15.9. The van der Waals surface area contributed by atoms with Gasteiger partial charge in [-0.2, -0.15) is 0 Å². The highest BCUT2D eigenvalue weighted by atomic mass is 19.1. The second kappa shape index (κ2) is 10.8. The number of rotatable bonds is 5. The molecule has 0 saturated heterocycles. The highest BCUT2D eigenvalue weighted by Gasteiger charge is 2.18. The average Bonchev–Trinajstić information content (AvgIpc) is 3.01. The predicted molar refractivity (Wildman–Crippen MR) is 131 cm³/mol. The molecule has 1 aromatic carbocycles. The predicted octanol–water partition coefficient (Wildman–Crippen LogP) is 6.03. The summed E-state index contributed by atoms with van der Waals surface area (Å²) in [4.78, 5) is 16.2. The first kappa shape index (κ1) is 24.0. The van der Waals surface area contributed by atoms with E-state index in [9.17, 15) is 9.18 Å². The molecule has 33 heavy (non-hydrogen) atoms. The second-order valence-corrected chi connectivity index (χ2v) is 7.79. The third-order valence-corrected chi connectivity index (χ3v) is 5.77. The summed E-state index contributed by atoms with van der Waals surface area (Å²) >= 11 is 0. The Kier molecular flexibility index (Phi) is 7.84. The molecule has 0 bridgehead atoms. The van der Waals surface area contributed by atoms with E-state index < -0.39 is 11.8 Å². The number of allylic oxidation sites excluding steroid dienone is 6. The average molecular weight is 445 g/mol. The van der Waals surface area contributed by atoms with Crippen LogP contribution < -0.4 is 5.73 Å². The van der Waals surface area contributed by atoms with E-state index in [0.29, 0.717) is 11.4 Å². The number of nitrogen functional groups attached to an aromatic ring is 1. The van der Waals surface area contributed by atoms with Gasteiger partial charge in [-0.15, -0.1) is 0 Å². The molecule has 0 spiro atoms. The number of carbonyl (C=O) groups is 1. The Morgan fingerprint density at radius 2 is 1.88 bits per heavy atom. The number of aromatic nitrogens is 1. The van der Waals surface area contributed by atoms with Crippen molar-refractivity contribution in [3.05, 3.63) is 87.4 Å². The molecule has 5 heteroatoms. The molecule has 0 aliphatic heterocycles. The van der Waals surface area contributed by atoms with Gasteiger partial charge in [-0.1, -0.05) is 62.0 Å². The van der Waals surface area contributed by atoms with Gasteiger partial charge < -0.3 is 10.5 Å². The van der Waals surface area contributed by atoms with E-state index in [1.807, 2.05) is 19.1 Å². The zero-order chi connectivity index (χ0) is 24.0. The van der Waals surface area contributed by atoms with Crippen molar-refractivity contribution in [3.8, 4) is 11.8 Å². The number of hydrogen-bond acceptors (Lipinski definition) is 4. The number of nitrogens with zero attached hydrogens (tertiary/aromatic N) is 1. The summed E-state index contributed by atoms with van der Waals surface area (Å²) in [7, 11) is 1.24. The van der Waals surface area contributed by atoms with Crippen molar-refractivity contribution >= 4 is 17.4 Å². The number of benzene rings is 1. The fourth-order valence-corrected chi connectivity index (χ4v) is 3.83. The molecule has 2 N–H and O–H groups in total. The molecule has 170 valence electrons. The number of methoxy groups -OCH3 is 1. The van der Waals surface area contributed by atoms with Crippen LogP contribution >= 0.6 is 0 Å². The Hall–Kier alpha value is -3.65. The minimum absolute atomic E-state index is 0.0897. The van der Waals surface area contributed by atoms with Gasteiger partial charge in [0.05, 0.1) is 18.4 Å². The van der Waals surface area contributed by atoms with E-state index in [4.69, 9.17) is 5.73 Å². The zero-order valence-electron chi connectivity index (χ0n) is 19.6. The van der Waals surface area contributed by atoms with Crippen molar-refractivity contribution in [3.63, 3.8) is 0 Å². The van der Waals surface area contributed by atoms with Crippen molar-refractivity contribution in [1.29, 1.82) is 0 Å². The molecule has 0 fully saturated rings. The van der Waals surface area contributed by atoms with Crippen LogP contribution in [-0.2, 0) is 11.2 Å². The zero-order valence-corrected chi connectivity index (χ0v) is 19.6. The molecule has 1 aliphatic rings. The number of halogens is 1. The third-order valence-electron chi connectivity index (χ3n) is 5.77. The van der Waals surface area contributed by atoms with Gasteiger partial charge in [0.2, 0.25) is 0 Å². The van der Waals surface area contributed by atoms with Crippen LogP contribution in [0, 0.1) is 17.7 Å². The van der Waals surface area contributed by atoms with Gasteiger partial charge in [-0.25, -0.2) is 14.2 Å². The van der Waals surface area contributed by atoms with Crippen LogP contribution in [0.4, 0.5) is 10.2 Å². The topological polar surface area (TPSA) is 65.2 Å². The lowest BCUT2D eigenvalue weighted by atomic mass is 9.91. The Labute approximate surface area is 195 Å². The Morgan fingerprint density at radius 1 is 1.09 bits per heavy atom. The SMILES string of the molecule is CCC1=CC=C(c2ccc(C(=O)OC)c(F)c2)C(C#Cc2ccc(N)nc2CC)=C(CC)C1. The number of anilines is 1. The first-order valence-corrected chi connectivity index (χ1v) is 11.2. The number of carbonyl (C=O) groups excluding carboxylic acids is 1. The Bertz CT molecular complexity index is 1230. The lowest BCUT2D eigenvalue weighted by Gasteiger charge is -2.13. The van der Waals surface area contributed by atoms with Gasteiger partial charge in [-0.3, -0.25) is 0 Å². The number of nitrogens with two attached hydrogens (primary N) is 1. The van der Waals surface area contributed by atoms with Gasteiger partial charge in [0.15, 0.2) is 0 Å². The minimum atomic E-state index is -0.699. The van der Waals surface area contributed by atoms with Gasteiger partial charge in [0.1, 0.15) is 11.6 Å². The van der Waals surface area contributed by atoms with Crippen LogP contribution in [0.15, 0.2) is 59.2 Å². The van der Waals surface area contributed by atoms with Crippen molar-refractivity contribution in [2.75, 3.05) is 12.8 Å². The summed E-state index contributed by atoms with van der Waals surface area (Å²) in [6.07, 6.45) is 7.38. The van der Waals surface area contributed by atoms with Crippen LogP contribution in [-0.4, -0.2) is 18.1 Å². The van der Waals surface area contributed by atoms with E-state index in [0.717, 1.165) is 48.1 Å². The quantitative estimate of drug-likeness (QED) is 0.451. The first-order valence-electron chi connectivity index (χ1n) is 11.2. The van der Waals surface area contributed by atoms with E-state index in [-0.39, 0.29) is 5.56 Å². The van der Waals surface area contributed by atoms with Crippen LogP contribution in [0.5, 0.6) is 0 Å². The van der Waals surface area contributed by atoms with Crippen molar-refractivity contribution in [1.82, 2.24) is 4.98 Å². The summed E-state index contributed by atoms with van der Waals surface area (Å²) in [6, 6.07) is 8.21. The smallest absolute Gasteiger partial charge is 0.340 e. The fourth-order valence-electron chi connectivity index (χ4n) is 3.83. The molecule has 0 radical (unpaired) electrons. The third kappa shape index (κ3) is 5.40. The molecule has 2 aromatic rings. The monoisotopic (exact) mass is 444 g/mol. The molecule has 0 saturated carbocycles. The molecule has 1 aromatic heterocycles. The molecule has 3 rings (SSSR count). The van der Waals surface area contributed by atoms with Crippen molar-refractivity contribution < 1.29 is 13.9 Å². The van der Waals surface area contributed by atoms with E-state index in [2.05, 4.69) is 41.5 Å². The molecule has 0 amide bonds. The Morgan fingerprint density at radius 3 is 2.52 bits per heavy atom. The maximum atomic E-state index is 14.8. The lowest BCUT2D eigenvalue weighted by molar-refractivity contribution is 0.0595. The number of ether oxygens (including phenoxy) is 1. The summed E-state index contributed by atoms with van der Waals surface area (Å²) in [6.45, 7) is 6.25. The normalized spacial score (nSPS) is 13.5. The molecule has 4 nitrogen and oxygen atoms in total. The lowest BCUT2D eigenvalue weighted by Crippen LogP contribution is -2.05. The van der Waals surface area contributed by atoms with Gasteiger partial charge in [0.25, 0.3) is 0 Å². The van der Waals surface area contributed by atoms with Crippen LogP contribution in [0.25, 0.3) is 5.57 Å². The van der Waals surface area contributed by atoms with E-state index >= 15 is 0 Å². The van der Waals surface area contributed by atoms with Crippen LogP contribution in [0.3, 0.4) is 0 Å². The molecular formula is C28H29FN2O2.